The van der Waals surface area contributed by atoms with Gasteiger partial charge in [-0.1, -0.05) is 19.8 Å². The van der Waals surface area contributed by atoms with Gasteiger partial charge in [0.2, 0.25) is 5.01 Å². The van der Waals surface area contributed by atoms with Crippen LogP contribution in [0.25, 0.3) is 0 Å². The molecular weight excluding hydrogens is 212 g/mol. The van der Waals surface area contributed by atoms with E-state index in [4.69, 9.17) is 5.11 Å². The van der Waals surface area contributed by atoms with Crippen molar-refractivity contribution >= 4 is 17.3 Å². The van der Waals surface area contributed by atoms with Crippen LogP contribution in [0.5, 0.6) is 0 Å². The quantitative estimate of drug-likeness (QED) is 0.702. The number of aromatic nitrogens is 1. The Hall–Kier alpha value is -0.940. The second-order valence-corrected chi connectivity index (χ2v) is 4.19. The van der Waals surface area contributed by atoms with Crippen LogP contribution in [0, 0.1) is 0 Å². The van der Waals surface area contributed by atoms with Crippen LogP contribution in [0.1, 0.15) is 41.7 Å². The molecule has 1 rings (SSSR count). The summed E-state index contributed by atoms with van der Waals surface area (Å²) in [6, 6.07) is 0. The molecule has 0 aliphatic carbocycles. The molecule has 84 valence electrons. The van der Waals surface area contributed by atoms with Crippen LogP contribution in [0.4, 0.5) is 0 Å². The lowest BCUT2D eigenvalue weighted by Gasteiger charge is -2.00. The number of hydrogen-bond acceptors (Lipinski definition) is 4. The number of rotatable bonds is 7. The molecular formula is C10H16N2O2S. The Kier molecular flexibility index (Phi) is 5.28. The monoisotopic (exact) mass is 228 g/mol. The van der Waals surface area contributed by atoms with E-state index in [0.717, 1.165) is 18.7 Å². The van der Waals surface area contributed by atoms with Gasteiger partial charge >= 0.3 is 5.97 Å². The van der Waals surface area contributed by atoms with Gasteiger partial charge in [-0.3, -0.25) is 0 Å². The first kappa shape index (κ1) is 12.1. The summed E-state index contributed by atoms with van der Waals surface area (Å²) in [6.45, 7) is 3.79. The van der Waals surface area contributed by atoms with Gasteiger partial charge in [0, 0.05) is 11.9 Å². The predicted molar refractivity (Wildman–Crippen MR) is 60.3 cm³/mol. The third kappa shape index (κ3) is 4.40. The summed E-state index contributed by atoms with van der Waals surface area (Å²) in [5, 5.41) is 13.9. The first-order chi connectivity index (χ1) is 7.24. The zero-order chi connectivity index (χ0) is 11.1. The first-order valence-electron chi connectivity index (χ1n) is 5.12. The van der Waals surface area contributed by atoms with Crippen LogP contribution in [0.3, 0.4) is 0 Å². The number of nitrogens with one attached hydrogen (secondary N) is 1. The van der Waals surface area contributed by atoms with E-state index in [-0.39, 0.29) is 5.01 Å². The van der Waals surface area contributed by atoms with Crippen molar-refractivity contribution in [2.45, 2.75) is 32.7 Å². The Morgan fingerprint density at radius 3 is 3.00 bits per heavy atom. The van der Waals surface area contributed by atoms with Gasteiger partial charge in [-0.25, -0.2) is 9.78 Å². The maximum Gasteiger partial charge on any atom is 0.365 e. The molecule has 5 heteroatoms. The number of thiazole rings is 1. The van der Waals surface area contributed by atoms with Gasteiger partial charge < -0.3 is 10.4 Å². The zero-order valence-corrected chi connectivity index (χ0v) is 9.64. The van der Waals surface area contributed by atoms with Crippen LogP contribution in [0.15, 0.2) is 5.38 Å². The summed E-state index contributed by atoms with van der Waals surface area (Å²) in [7, 11) is 0. The average Bonchev–Trinajstić information content (AvgIpc) is 2.66. The summed E-state index contributed by atoms with van der Waals surface area (Å²) in [5.74, 6) is -0.947. The van der Waals surface area contributed by atoms with Gasteiger partial charge in [0.25, 0.3) is 0 Å². The van der Waals surface area contributed by atoms with E-state index in [9.17, 15) is 4.79 Å². The van der Waals surface area contributed by atoms with E-state index in [0.29, 0.717) is 6.54 Å². The molecule has 1 heterocycles. The lowest BCUT2D eigenvalue weighted by Crippen LogP contribution is -2.15. The summed E-state index contributed by atoms with van der Waals surface area (Å²) in [5.41, 5.74) is 0.814. The number of unbranched alkanes of at least 4 members (excludes halogenated alkanes) is 2. The topological polar surface area (TPSA) is 62.2 Å². The highest BCUT2D eigenvalue weighted by atomic mass is 32.1. The van der Waals surface area contributed by atoms with Gasteiger partial charge in [0.1, 0.15) is 0 Å². The molecule has 2 N–H and O–H groups in total. The van der Waals surface area contributed by atoms with Crippen molar-refractivity contribution in [3.05, 3.63) is 16.1 Å². The van der Waals surface area contributed by atoms with E-state index in [1.165, 1.54) is 24.2 Å². The minimum atomic E-state index is -0.947. The lowest BCUT2D eigenvalue weighted by molar-refractivity contribution is 0.0696. The van der Waals surface area contributed by atoms with Gasteiger partial charge in [-0.05, 0) is 13.0 Å². The lowest BCUT2D eigenvalue weighted by atomic mass is 10.2. The fourth-order valence-electron chi connectivity index (χ4n) is 1.20. The van der Waals surface area contributed by atoms with Crippen molar-refractivity contribution in [2.24, 2.45) is 0 Å². The molecule has 0 saturated carbocycles. The number of carboxylic acid groups (broad SMARTS) is 1. The van der Waals surface area contributed by atoms with Crippen molar-refractivity contribution in [1.29, 1.82) is 0 Å². The van der Waals surface area contributed by atoms with Crippen molar-refractivity contribution in [2.75, 3.05) is 6.54 Å². The first-order valence-corrected chi connectivity index (χ1v) is 6.00. The van der Waals surface area contributed by atoms with Crippen LogP contribution in [-0.4, -0.2) is 22.6 Å². The van der Waals surface area contributed by atoms with E-state index in [2.05, 4.69) is 17.2 Å². The third-order valence-corrected chi connectivity index (χ3v) is 2.88. The van der Waals surface area contributed by atoms with E-state index in [1.807, 2.05) is 0 Å². The normalized spacial score (nSPS) is 10.5. The molecule has 0 aromatic carbocycles. The molecule has 0 aliphatic rings. The Morgan fingerprint density at radius 2 is 2.40 bits per heavy atom. The summed E-state index contributed by atoms with van der Waals surface area (Å²) in [6.07, 6.45) is 3.60. The fourth-order valence-corrected chi connectivity index (χ4v) is 1.86. The summed E-state index contributed by atoms with van der Waals surface area (Å²) < 4.78 is 0. The smallest absolute Gasteiger partial charge is 0.365 e. The number of carbonyl (C=O) groups is 1. The number of nitrogens with zero attached hydrogens (tertiary/aromatic N) is 1. The van der Waals surface area contributed by atoms with Crippen molar-refractivity contribution in [3.8, 4) is 0 Å². The van der Waals surface area contributed by atoms with Crippen LogP contribution in [-0.2, 0) is 6.54 Å². The minimum absolute atomic E-state index is 0.167. The van der Waals surface area contributed by atoms with Crippen molar-refractivity contribution in [1.82, 2.24) is 10.3 Å². The molecule has 0 spiro atoms. The van der Waals surface area contributed by atoms with Gasteiger partial charge in [-0.15, -0.1) is 11.3 Å². The van der Waals surface area contributed by atoms with Crippen LogP contribution >= 0.6 is 11.3 Å². The highest BCUT2D eigenvalue weighted by Crippen LogP contribution is 2.09. The SMILES string of the molecule is CCCCCNCc1csc(C(=O)O)n1. The molecule has 0 radical (unpaired) electrons. The number of aromatic carboxylic acids is 1. The highest BCUT2D eigenvalue weighted by Gasteiger charge is 2.07. The van der Waals surface area contributed by atoms with Gasteiger partial charge in [0.15, 0.2) is 0 Å². The molecule has 0 aliphatic heterocycles. The Labute approximate surface area is 93.4 Å². The maximum atomic E-state index is 10.6. The maximum absolute atomic E-state index is 10.6. The fraction of sp³-hybridized carbons (Fsp3) is 0.600. The molecule has 0 bridgehead atoms. The number of hydrogen-bond donors (Lipinski definition) is 2. The summed E-state index contributed by atoms with van der Waals surface area (Å²) >= 11 is 1.18. The van der Waals surface area contributed by atoms with Crippen molar-refractivity contribution in [3.63, 3.8) is 0 Å². The molecule has 15 heavy (non-hydrogen) atoms. The zero-order valence-electron chi connectivity index (χ0n) is 8.82. The second-order valence-electron chi connectivity index (χ2n) is 3.33. The molecule has 1 aromatic heterocycles. The molecule has 0 fully saturated rings. The van der Waals surface area contributed by atoms with E-state index < -0.39 is 5.97 Å². The predicted octanol–water partition coefficient (Wildman–Crippen LogP) is 2.12. The standard InChI is InChI=1S/C10H16N2O2S/c1-2-3-4-5-11-6-8-7-15-9(12-8)10(13)14/h7,11H,2-6H2,1H3,(H,13,14). The van der Waals surface area contributed by atoms with Gasteiger partial charge in [0.05, 0.1) is 5.69 Å². The third-order valence-electron chi connectivity index (χ3n) is 2.00. The Morgan fingerprint density at radius 1 is 1.60 bits per heavy atom. The van der Waals surface area contributed by atoms with E-state index >= 15 is 0 Å². The highest BCUT2D eigenvalue weighted by molar-refractivity contribution is 7.11. The van der Waals surface area contributed by atoms with Crippen LogP contribution in [0.2, 0.25) is 0 Å². The minimum Gasteiger partial charge on any atom is -0.476 e. The second kappa shape index (κ2) is 6.53. The summed E-state index contributed by atoms with van der Waals surface area (Å²) in [4.78, 5) is 14.5. The van der Waals surface area contributed by atoms with Crippen molar-refractivity contribution < 1.29 is 9.90 Å². The van der Waals surface area contributed by atoms with Crippen LogP contribution < -0.4 is 5.32 Å². The Bertz CT molecular complexity index is 312. The Balaban J connectivity index is 2.23. The molecule has 1 aromatic rings. The molecule has 0 amide bonds. The largest absolute Gasteiger partial charge is 0.476 e. The molecule has 0 saturated heterocycles. The van der Waals surface area contributed by atoms with Gasteiger partial charge in [-0.2, -0.15) is 0 Å². The average molecular weight is 228 g/mol. The number of carboxylic acids is 1. The van der Waals surface area contributed by atoms with E-state index in [1.54, 1.807) is 5.38 Å². The molecule has 0 atom stereocenters. The molecule has 0 unspecified atom stereocenters. The molecule has 4 nitrogen and oxygen atoms in total.